The Morgan fingerprint density at radius 2 is 2.44 bits per heavy atom. The molecule has 0 radical (unpaired) electrons. The van der Waals surface area contributed by atoms with Gasteiger partial charge < -0.3 is 16.3 Å². The molecule has 0 aliphatic carbocycles. The van der Waals surface area contributed by atoms with E-state index in [1.54, 1.807) is 4.68 Å². The number of nitrogens with two attached hydrogens (primary N) is 1. The van der Waals surface area contributed by atoms with Crippen molar-refractivity contribution in [1.82, 2.24) is 15.1 Å². The Morgan fingerprint density at radius 1 is 1.62 bits per heavy atom. The quantitative estimate of drug-likeness (QED) is 0.201. The van der Waals surface area contributed by atoms with E-state index in [-0.39, 0.29) is 5.84 Å². The van der Waals surface area contributed by atoms with Crippen LogP contribution < -0.4 is 11.1 Å². The minimum absolute atomic E-state index is 0.284. The van der Waals surface area contributed by atoms with Gasteiger partial charge in [0.15, 0.2) is 0 Å². The highest BCUT2D eigenvalue weighted by Crippen LogP contribution is 1.94. The lowest BCUT2D eigenvalue weighted by molar-refractivity contribution is 0.316. The van der Waals surface area contributed by atoms with Gasteiger partial charge in [-0.1, -0.05) is 5.16 Å². The van der Waals surface area contributed by atoms with Crippen molar-refractivity contribution in [3.8, 4) is 0 Å². The summed E-state index contributed by atoms with van der Waals surface area (Å²) in [5.41, 5.74) is 6.43. The van der Waals surface area contributed by atoms with Gasteiger partial charge in [-0.3, -0.25) is 4.68 Å². The van der Waals surface area contributed by atoms with E-state index >= 15 is 0 Å². The van der Waals surface area contributed by atoms with Crippen molar-refractivity contribution in [1.29, 1.82) is 0 Å². The van der Waals surface area contributed by atoms with E-state index < -0.39 is 0 Å². The molecular formula is C10H19N5O. The molecule has 16 heavy (non-hydrogen) atoms. The maximum atomic E-state index is 8.32. The lowest BCUT2D eigenvalue weighted by atomic mass is 10.3. The molecule has 6 heteroatoms. The van der Waals surface area contributed by atoms with Crippen molar-refractivity contribution in [3.05, 3.63) is 18.0 Å². The van der Waals surface area contributed by atoms with Gasteiger partial charge in [-0.05, 0) is 19.0 Å². The van der Waals surface area contributed by atoms with Gasteiger partial charge in [0.25, 0.3) is 0 Å². The Balaban J connectivity index is 2.00. The average molecular weight is 225 g/mol. The smallest absolute Gasteiger partial charge is 0.139 e. The molecule has 90 valence electrons. The second-order valence-corrected chi connectivity index (χ2v) is 3.68. The van der Waals surface area contributed by atoms with E-state index in [9.17, 15) is 0 Å². The third kappa shape index (κ3) is 4.79. The van der Waals surface area contributed by atoms with Gasteiger partial charge in [0.1, 0.15) is 5.84 Å². The van der Waals surface area contributed by atoms with Crippen molar-refractivity contribution < 1.29 is 5.21 Å². The largest absolute Gasteiger partial charge is 0.409 e. The summed E-state index contributed by atoms with van der Waals surface area (Å²) in [5.74, 6) is 0.284. The standard InChI is InChI=1S/C10H19N5O/c1-15-8-5-9(13-15)4-7-12-6-2-3-10(11)14-16/h5,8,12,16H,2-4,6-7H2,1H3,(H2,11,14). The number of amidine groups is 1. The fourth-order valence-corrected chi connectivity index (χ4v) is 1.38. The molecule has 0 amide bonds. The SMILES string of the molecule is Cn1ccc(CCNCCC/C(N)=N/O)n1. The maximum absolute atomic E-state index is 8.32. The first-order valence-electron chi connectivity index (χ1n) is 5.38. The van der Waals surface area contributed by atoms with E-state index in [4.69, 9.17) is 10.9 Å². The molecule has 0 aromatic carbocycles. The molecule has 0 atom stereocenters. The summed E-state index contributed by atoms with van der Waals surface area (Å²) in [6, 6.07) is 2.01. The van der Waals surface area contributed by atoms with Crippen LogP contribution in [0.3, 0.4) is 0 Å². The number of oxime groups is 1. The third-order valence-electron chi connectivity index (χ3n) is 2.24. The zero-order valence-corrected chi connectivity index (χ0v) is 9.56. The first-order chi connectivity index (χ1) is 7.72. The highest BCUT2D eigenvalue weighted by atomic mass is 16.4. The fraction of sp³-hybridized carbons (Fsp3) is 0.600. The molecule has 1 aromatic rings. The molecule has 4 N–H and O–H groups in total. The van der Waals surface area contributed by atoms with Gasteiger partial charge >= 0.3 is 0 Å². The lowest BCUT2D eigenvalue weighted by Gasteiger charge is -2.02. The van der Waals surface area contributed by atoms with Crippen molar-refractivity contribution in [3.63, 3.8) is 0 Å². The van der Waals surface area contributed by atoms with E-state index in [1.807, 2.05) is 19.3 Å². The van der Waals surface area contributed by atoms with Gasteiger partial charge in [-0.2, -0.15) is 5.10 Å². The van der Waals surface area contributed by atoms with Crippen LogP contribution in [0.5, 0.6) is 0 Å². The van der Waals surface area contributed by atoms with Gasteiger partial charge in [0.2, 0.25) is 0 Å². The molecule has 0 fully saturated rings. The predicted molar refractivity (Wildman–Crippen MR) is 62.4 cm³/mol. The van der Waals surface area contributed by atoms with Gasteiger partial charge in [-0.15, -0.1) is 0 Å². The molecule has 0 aliphatic heterocycles. The summed E-state index contributed by atoms with van der Waals surface area (Å²) in [6.45, 7) is 1.76. The van der Waals surface area contributed by atoms with Crippen molar-refractivity contribution in [2.45, 2.75) is 19.3 Å². The Morgan fingerprint density at radius 3 is 3.06 bits per heavy atom. The molecule has 1 heterocycles. The second kappa shape index (κ2) is 6.84. The number of hydrogen-bond acceptors (Lipinski definition) is 4. The van der Waals surface area contributed by atoms with E-state index in [1.165, 1.54) is 0 Å². The van der Waals surface area contributed by atoms with Crippen LogP contribution in [-0.4, -0.2) is 33.9 Å². The van der Waals surface area contributed by atoms with Crippen LogP contribution in [0.2, 0.25) is 0 Å². The van der Waals surface area contributed by atoms with Crippen LogP contribution in [0.4, 0.5) is 0 Å². The lowest BCUT2D eigenvalue weighted by Crippen LogP contribution is -2.21. The molecule has 1 aromatic heterocycles. The summed E-state index contributed by atoms with van der Waals surface area (Å²) < 4.78 is 1.80. The molecule has 6 nitrogen and oxygen atoms in total. The number of rotatable bonds is 7. The van der Waals surface area contributed by atoms with Crippen LogP contribution in [0, 0.1) is 0 Å². The summed E-state index contributed by atoms with van der Waals surface area (Å²) in [7, 11) is 1.91. The number of hydrogen-bond donors (Lipinski definition) is 3. The normalized spacial score (nSPS) is 11.9. The van der Waals surface area contributed by atoms with Crippen LogP contribution in [-0.2, 0) is 13.5 Å². The summed E-state index contributed by atoms with van der Waals surface area (Å²) in [5, 5.41) is 18.8. The summed E-state index contributed by atoms with van der Waals surface area (Å²) in [6.07, 6.45) is 4.35. The van der Waals surface area contributed by atoms with Crippen molar-refractivity contribution in [2.24, 2.45) is 17.9 Å². The zero-order chi connectivity index (χ0) is 11.8. The number of aryl methyl sites for hydroxylation is 1. The van der Waals surface area contributed by atoms with Crippen molar-refractivity contribution in [2.75, 3.05) is 13.1 Å². The van der Waals surface area contributed by atoms with Crippen LogP contribution in [0.1, 0.15) is 18.5 Å². The molecule has 0 unspecified atom stereocenters. The highest BCUT2D eigenvalue weighted by molar-refractivity contribution is 5.79. The summed E-state index contributed by atoms with van der Waals surface area (Å²) >= 11 is 0. The molecule has 0 bridgehead atoms. The third-order valence-corrected chi connectivity index (χ3v) is 2.24. The first-order valence-corrected chi connectivity index (χ1v) is 5.38. The molecule has 0 saturated heterocycles. The van der Waals surface area contributed by atoms with Gasteiger partial charge in [0.05, 0.1) is 5.69 Å². The highest BCUT2D eigenvalue weighted by Gasteiger charge is 1.97. The van der Waals surface area contributed by atoms with Gasteiger partial charge in [0, 0.05) is 32.6 Å². The fourth-order valence-electron chi connectivity index (χ4n) is 1.38. The second-order valence-electron chi connectivity index (χ2n) is 3.68. The van der Waals surface area contributed by atoms with Crippen LogP contribution in [0.15, 0.2) is 17.4 Å². The topological polar surface area (TPSA) is 88.5 Å². The molecule has 0 spiro atoms. The number of nitrogens with one attached hydrogen (secondary N) is 1. The van der Waals surface area contributed by atoms with Crippen LogP contribution in [0.25, 0.3) is 0 Å². The first kappa shape index (κ1) is 12.5. The molecule has 0 saturated carbocycles. The zero-order valence-electron chi connectivity index (χ0n) is 9.56. The minimum atomic E-state index is 0.284. The van der Waals surface area contributed by atoms with E-state index in [0.29, 0.717) is 6.42 Å². The molecule has 1 rings (SSSR count). The van der Waals surface area contributed by atoms with Gasteiger partial charge in [-0.25, -0.2) is 0 Å². The van der Waals surface area contributed by atoms with Crippen LogP contribution >= 0.6 is 0 Å². The Labute approximate surface area is 95.1 Å². The minimum Gasteiger partial charge on any atom is -0.409 e. The molecule has 0 aliphatic rings. The Bertz CT molecular complexity index is 334. The average Bonchev–Trinajstić information content (AvgIpc) is 2.69. The monoisotopic (exact) mass is 225 g/mol. The molecular weight excluding hydrogens is 206 g/mol. The number of aromatic nitrogens is 2. The number of nitrogens with zero attached hydrogens (tertiary/aromatic N) is 3. The van der Waals surface area contributed by atoms with E-state index in [0.717, 1.165) is 31.6 Å². The van der Waals surface area contributed by atoms with Crippen molar-refractivity contribution >= 4 is 5.84 Å². The Kier molecular flexibility index (Phi) is 5.35. The predicted octanol–water partition coefficient (Wildman–Crippen LogP) is 0.0788. The maximum Gasteiger partial charge on any atom is 0.139 e. The van der Waals surface area contributed by atoms with E-state index in [2.05, 4.69) is 15.6 Å². The summed E-state index contributed by atoms with van der Waals surface area (Å²) in [4.78, 5) is 0. The Hall–Kier alpha value is -1.56.